The van der Waals surface area contributed by atoms with Crippen molar-refractivity contribution in [3.05, 3.63) is 24.3 Å². The molecule has 0 aliphatic carbocycles. The fraction of sp³-hybridized carbons (Fsp3) is 0.533. The topological polar surface area (TPSA) is 50.8 Å². The summed E-state index contributed by atoms with van der Waals surface area (Å²) >= 11 is 0. The van der Waals surface area contributed by atoms with Crippen molar-refractivity contribution in [2.24, 2.45) is 0 Å². The number of carbonyl (C=O) groups is 1. The zero-order valence-corrected chi connectivity index (χ0v) is 11.9. The van der Waals surface area contributed by atoms with E-state index in [2.05, 4.69) is 10.2 Å². The van der Waals surface area contributed by atoms with Crippen molar-refractivity contribution < 1.29 is 14.3 Å². The minimum absolute atomic E-state index is 0.0423. The van der Waals surface area contributed by atoms with Gasteiger partial charge in [-0.15, -0.1) is 0 Å². The Morgan fingerprint density at radius 3 is 2.65 bits per heavy atom. The highest BCUT2D eigenvalue weighted by Crippen LogP contribution is 2.15. The van der Waals surface area contributed by atoms with Crippen LogP contribution >= 0.6 is 0 Å². The van der Waals surface area contributed by atoms with Gasteiger partial charge in [0.1, 0.15) is 5.75 Å². The molecule has 1 amide bonds. The maximum absolute atomic E-state index is 11.9. The number of nitrogens with one attached hydrogen (secondary N) is 1. The first kappa shape index (κ1) is 14.8. The number of carbonyl (C=O) groups excluding carboxylic acids is 1. The smallest absolute Gasteiger partial charge is 0.225 e. The average molecular weight is 278 g/mol. The summed E-state index contributed by atoms with van der Waals surface area (Å²) in [7, 11) is 0. The van der Waals surface area contributed by atoms with E-state index < -0.39 is 0 Å². The van der Waals surface area contributed by atoms with E-state index in [1.165, 1.54) is 0 Å². The van der Waals surface area contributed by atoms with Crippen molar-refractivity contribution in [2.75, 3.05) is 44.8 Å². The molecule has 0 atom stereocenters. The van der Waals surface area contributed by atoms with Crippen molar-refractivity contribution in [3.63, 3.8) is 0 Å². The van der Waals surface area contributed by atoms with Crippen molar-refractivity contribution >= 4 is 11.6 Å². The van der Waals surface area contributed by atoms with Crippen LogP contribution in [0.15, 0.2) is 24.3 Å². The molecular weight excluding hydrogens is 256 g/mol. The normalized spacial score (nSPS) is 15.8. The molecule has 2 rings (SSSR count). The Morgan fingerprint density at radius 2 is 2.00 bits per heavy atom. The van der Waals surface area contributed by atoms with Crippen LogP contribution in [0.3, 0.4) is 0 Å². The molecule has 1 saturated heterocycles. The molecule has 1 heterocycles. The number of ether oxygens (including phenoxy) is 2. The second-order valence-corrected chi connectivity index (χ2v) is 4.71. The summed E-state index contributed by atoms with van der Waals surface area (Å²) in [5.41, 5.74) is 0.806. The number of anilines is 1. The molecule has 5 nitrogen and oxygen atoms in total. The third-order valence-corrected chi connectivity index (χ3v) is 3.21. The van der Waals surface area contributed by atoms with E-state index in [1.54, 1.807) is 0 Å². The van der Waals surface area contributed by atoms with Crippen LogP contribution < -0.4 is 10.1 Å². The van der Waals surface area contributed by atoms with Gasteiger partial charge in [-0.2, -0.15) is 0 Å². The molecule has 1 aliphatic heterocycles. The van der Waals surface area contributed by atoms with Gasteiger partial charge in [0.25, 0.3) is 0 Å². The van der Waals surface area contributed by atoms with Crippen LogP contribution in [0.4, 0.5) is 5.69 Å². The lowest BCUT2D eigenvalue weighted by Crippen LogP contribution is -2.38. The number of rotatable bonds is 6. The van der Waals surface area contributed by atoms with E-state index in [0.717, 1.165) is 44.3 Å². The summed E-state index contributed by atoms with van der Waals surface area (Å²) in [5, 5.41) is 2.90. The molecule has 5 heteroatoms. The second-order valence-electron chi connectivity index (χ2n) is 4.71. The van der Waals surface area contributed by atoms with Crippen LogP contribution in [-0.4, -0.2) is 50.3 Å². The molecule has 20 heavy (non-hydrogen) atoms. The Kier molecular flexibility index (Phi) is 5.83. The standard InChI is InChI=1S/C15H22N2O3/c1-2-20-14-5-3-13(4-6-14)16-15(18)7-8-17-9-11-19-12-10-17/h3-6H,2,7-12H2,1H3,(H,16,18). The fourth-order valence-electron chi connectivity index (χ4n) is 2.11. The zero-order chi connectivity index (χ0) is 14.2. The summed E-state index contributed by atoms with van der Waals surface area (Å²) in [5.74, 6) is 0.861. The molecule has 0 aromatic heterocycles. The molecule has 0 bridgehead atoms. The SMILES string of the molecule is CCOc1ccc(NC(=O)CCN2CCOCC2)cc1. The van der Waals surface area contributed by atoms with Crippen LogP contribution in [-0.2, 0) is 9.53 Å². The third-order valence-electron chi connectivity index (χ3n) is 3.21. The molecule has 0 saturated carbocycles. The van der Waals surface area contributed by atoms with Crippen molar-refractivity contribution in [2.45, 2.75) is 13.3 Å². The van der Waals surface area contributed by atoms with Gasteiger partial charge in [-0.25, -0.2) is 0 Å². The summed E-state index contributed by atoms with van der Waals surface area (Å²) in [4.78, 5) is 14.1. The number of benzene rings is 1. The highest BCUT2D eigenvalue weighted by atomic mass is 16.5. The summed E-state index contributed by atoms with van der Waals surface area (Å²) in [6.07, 6.45) is 0.507. The first-order valence-corrected chi connectivity index (χ1v) is 7.10. The molecule has 1 aliphatic rings. The molecule has 0 radical (unpaired) electrons. The van der Waals surface area contributed by atoms with Gasteiger partial charge in [0, 0.05) is 31.7 Å². The number of morpholine rings is 1. The Morgan fingerprint density at radius 1 is 1.30 bits per heavy atom. The highest BCUT2D eigenvalue weighted by molar-refractivity contribution is 5.90. The minimum Gasteiger partial charge on any atom is -0.494 e. The lowest BCUT2D eigenvalue weighted by atomic mass is 10.2. The number of nitrogens with zero attached hydrogens (tertiary/aromatic N) is 1. The maximum atomic E-state index is 11.9. The van der Waals surface area contributed by atoms with Gasteiger partial charge in [0.15, 0.2) is 0 Å². The predicted molar refractivity (Wildman–Crippen MR) is 78.1 cm³/mol. The van der Waals surface area contributed by atoms with Gasteiger partial charge in [0.2, 0.25) is 5.91 Å². The molecule has 0 spiro atoms. The highest BCUT2D eigenvalue weighted by Gasteiger charge is 2.11. The molecule has 110 valence electrons. The first-order chi connectivity index (χ1) is 9.78. The Bertz CT molecular complexity index is 414. The molecular formula is C15H22N2O3. The Hall–Kier alpha value is -1.59. The van der Waals surface area contributed by atoms with Crippen molar-refractivity contribution in [1.82, 2.24) is 4.90 Å². The van der Waals surface area contributed by atoms with Crippen molar-refractivity contribution in [3.8, 4) is 5.75 Å². The second kappa shape index (κ2) is 7.87. The third kappa shape index (κ3) is 4.83. The largest absolute Gasteiger partial charge is 0.494 e. The van der Waals surface area contributed by atoms with Crippen LogP contribution in [0, 0.1) is 0 Å². The molecule has 1 aromatic rings. The minimum atomic E-state index is 0.0423. The number of hydrogen-bond acceptors (Lipinski definition) is 4. The van der Waals surface area contributed by atoms with E-state index in [9.17, 15) is 4.79 Å². The summed E-state index contributed by atoms with van der Waals surface area (Å²) in [6.45, 7) is 6.73. The van der Waals surface area contributed by atoms with E-state index in [-0.39, 0.29) is 5.91 Å². The number of amides is 1. The summed E-state index contributed by atoms with van der Waals surface area (Å²) < 4.78 is 10.6. The van der Waals surface area contributed by atoms with Gasteiger partial charge >= 0.3 is 0 Å². The fourth-order valence-corrected chi connectivity index (χ4v) is 2.11. The van der Waals surface area contributed by atoms with Gasteiger partial charge in [0.05, 0.1) is 19.8 Å². The molecule has 1 N–H and O–H groups in total. The van der Waals surface area contributed by atoms with Gasteiger partial charge in [-0.3, -0.25) is 9.69 Å². The predicted octanol–water partition coefficient (Wildman–Crippen LogP) is 1.75. The molecule has 0 unspecified atom stereocenters. The number of hydrogen-bond donors (Lipinski definition) is 1. The monoisotopic (exact) mass is 278 g/mol. The lowest BCUT2D eigenvalue weighted by Gasteiger charge is -2.26. The maximum Gasteiger partial charge on any atom is 0.225 e. The average Bonchev–Trinajstić information content (AvgIpc) is 2.49. The van der Waals surface area contributed by atoms with E-state index in [0.29, 0.717) is 13.0 Å². The van der Waals surface area contributed by atoms with Crippen LogP contribution in [0.1, 0.15) is 13.3 Å². The summed E-state index contributed by atoms with van der Waals surface area (Å²) in [6, 6.07) is 7.44. The van der Waals surface area contributed by atoms with Gasteiger partial charge < -0.3 is 14.8 Å². The quantitative estimate of drug-likeness (QED) is 0.861. The van der Waals surface area contributed by atoms with E-state index in [1.807, 2.05) is 31.2 Å². The van der Waals surface area contributed by atoms with E-state index in [4.69, 9.17) is 9.47 Å². The van der Waals surface area contributed by atoms with Gasteiger partial charge in [-0.1, -0.05) is 0 Å². The van der Waals surface area contributed by atoms with Crippen molar-refractivity contribution in [1.29, 1.82) is 0 Å². The first-order valence-electron chi connectivity index (χ1n) is 7.10. The lowest BCUT2D eigenvalue weighted by molar-refractivity contribution is -0.116. The Labute approximate surface area is 119 Å². The van der Waals surface area contributed by atoms with Crippen LogP contribution in [0.25, 0.3) is 0 Å². The van der Waals surface area contributed by atoms with Gasteiger partial charge in [-0.05, 0) is 31.2 Å². The van der Waals surface area contributed by atoms with Crippen LogP contribution in [0.2, 0.25) is 0 Å². The molecule has 1 aromatic carbocycles. The zero-order valence-electron chi connectivity index (χ0n) is 11.9. The van der Waals surface area contributed by atoms with E-state index >= 15 is 0 Å². The molecule has 1 fully saturated rings. The Balaban J connectivity index is 1.73. The van der Waals surface area contributed by atoms with Crippen LogP contribution in [0.5, 0.6) is 5.75 Å².